The molecule has 1 amide bonds. The molecule has 1 saturated carbocycles. The van der Waals surface area contributed by atoms with Crippen molar-refractivity contribution < 1.29 is 9.90 Å². The van der Waals surface area contributed by atoms with Gasteiger partial charge in [-0.3, -0.25) is 4.79 Å². The van der Waals surface area contributed by atoms with E-state index in [1.54, 1.807) is 0 Å². The van der Waals surface area contributed by atoms with Crippen LogP contribution in [0.4, 0.5) is 0 Å². The van der Waals surface area contributed by atoms with Gasteiger partial charge in [0.2, 0.25) is 5.91 Å². The summed E-state index contributed by atoms with van der Waals surface area (Å²) in [6.07, 6.45) is 2.14. The minimum atomic E-state index is -1.37. The summed E-state index contributed by atoms with van der Waals surface area (Å²) in [5, 5.41) is 13.3. The van der Waals surface area contributed by atoms with Crippen molar-refractivity contribution in [1.29, 1.82) is 0 Å². The largest absolute Gasteiger partial charge is 0.374 e. The summed E-state index contributed by atoms with van der Waals surface area (Å²) in [6, 6.07) is 8.57. The van der Waals surface area contributed by atoms with Crippen molar-refractivity contribution in [2.75, 3.05) is 0 Å². The Kier molecular flexibility index (Phi) is 5.21. The van der Waals surface area contributed by atoms with Crippen molar-refractivity contribution in [2.24, 2.45) is 23.3 Å². The van der Waals surface area contributed by atoms with Crippen molar-refractivity contribution in [3.63, 3.8) is 0 Å². The Labute approximate surface area is 132 Å². The molecular formula is C17H27N3O2. The summed E-state index contributed by atoms with van der Waals surface area (Å²) in [5.41, 5.74) is 11.7. The molecular weight excluding hydrogens is 278 g/mol. The van der Waals surface area contributed by atoms with Gasteiger partial charge >= 0.3 is 0 Å². The average Bonchev–Trinajstić information content (AvgIpc) is 2.71. The number of hydrogen-bond acceptors (Lipinski definition) is 4. The summed E-state index contributed by atoms with van der Waals surface area (Å²) in [5.74, 6) is -0.128. The molecule has 0 aromatic heterocycles. The predicted molar refractivity (Wildman–Crippen MR) is 86.8 cm³/mol. The Morgan fingerprint density at radius 1 is 1.45 bits per heavy atom. The zero-order chi connectivity index (χ0) is 16.3. The van der Waals surface area contributed by atoms with Crippen molar-refractivity contribution in [1.82, 2.24) is 5.32 Å². The number of amides is 1. The fraction of sp³-hybridized carbons (Fsp3) is 0.588. The number of nitrogens with two attached hydrogens (primary N) is 2. The molecule has 1 aliphatic rings. The van der Waals surface area contributed by atoms with Gasteiger partial charge in [0.05, 0.1) is 12.1 Å². The average molecular weight is 305 g/mol. The minimum Gasteiger partial charge on any atom is -0.374 e. The first-order valence-electron chi connectivity index (χ1n) is 7.97. The first kappa shape index (κ1) is 16.9. The van der Waals surface area contributed by atoms with E-state index >= 15 is 0 Å². The van der Waals surface area contributed by atoms with Crippen LogP contribution in [-0.4, -0.2) is 28.8 Å². The van der Waals surface area contributed by atoms with Crippen LogP contribution in [0.25, 0.3) is 0 Å². The van der Waals surface area contributed by atoms with Crippen LogP contribution < -0.4 is 16.8 Å². The summed E-state index contributed by atoms with van der Waals surface area (Å²) in [6.45, 7) is 3.96. The van der Waals surface area contributed by atoms with E-state index in [1.165, 1.54) is 0 Å². The maximum absolute atomic E-state index is 12.4. The smallest absolute Gasteiger partial charge is 0.237 e. The van der Waals surface area contributed by atoms with Gasteiger partial charge in [0, 0.05) is 5.92 Å². The molecule has 5 heteroatoms. The lowest BCUT2D eigenvalue weighted by molar-refractivity contribution is -0.126. The first-order valence-corrected chi connectivity index (χ1v) is 7.97. The maximum Gasteiger partial charge on any atom is 0.237 e. The molecule has 0 saturated heterocycles. The third kappa shape index (κ3) is 3.48. The molecule has 1 aliphatic carbocycles. The van der Waals surface area contributed by atoms with Crippen LogP contribution in [0, 0.1) is 11.8 Å². The number of rotatable bonds is 5. The quantitative estimate of drug-likeness (QED) is 0.603. The molecule has 0 aliphatic heterocycles. The predicted octanol–water partition coefficient (Wildman–Crippen LogP) is 0.755. The van der Waals surface area contributed by atoms with E-state index < -0.39 is 17.8 Å². The lowest BCUT2D eigenvalue weighted by atomic mass is 9.96. The van der Waals surface area contributed by atoms with Crippen LogP contribution in [0.15, 0.2) is 30.3 Å². The molecule has 6 N–H and O–H groups in total. The van der Waals surface area contributed by atoms with Crippen molar-refractivity contribution in [2.45, 2.75) is 50.9 Å². The number of carbonyl (C=O) groups is 1. The van der Waals surface area contributed by atoms with Crippen LogP contribution in [0.2, 0.25) is 0 Å². The Balaban J connectivity index is 2.01. The van der Waals surface area contributed by atoms with Gasteiger partial charge in [0.25, 0.3) is 0 Å². The van der Waals surface area contributed by atoms with Gasteiger partial charge in [-0.2, -0.15) is 0 Å². The minimum absolute atomic E-state index is 0.0481. The maximum atomic E-state index is 12.4. The van der Waals surface area contributed by atoms with E-state index in [0.29, 0.717) is 6.42 Å². The topological polar surface area (TPSA) is 101 Å². The second-order valence-corrected chi connectivity index (χ2v) is 6.47. The summed E-state index contributed by atoms with van der Waals surface area (Å²) in [4.78, 5) is 12.4. The van der Waals surface area contributed by atoms with E-state index in [4.69, 9.17) is 11.5 Å². The first-order chi connectivity index (χ1) is 10.4. The zero-order valence-electron chi connectivity index (χ0n) is 13.3. The highest BCUT2D eigenvalue weighted by molar-refractivity contribution is 5.82. The van der Waals surface area contributed by atoms with E-state index in [0.717, 1.165) is 18.4 Å². The third-order valence-corrected chi connectivity index (χ3v) is 4.87. The molecule has 0 bridgehead atoms. The monoisotopic (exact) mass is 305 g/mol. The molecule has 2 rings (SSSR count). The summed E-state index contributed by atoms with van der Waals surface area (Å²) < 4.78 is 0. The Morgan fingerprint density at radius 3 is 2.68 bits per heavy atom. The number of nitrogens with one attached hydrogen (secondary N) is 1. The normalized spacial score (nSPS) is 32.7. The molecule has 5 nitrogen and oxygen atoms in total. The van der Waals surface area contributed by atoms with Gasteiger partial charge in [0.1, 0.15) is 5.72 Å². The van der Waals surface area contributed by atoms with Crippen molar-refractivity contribution >= 4 is 5.91 Å². The number of hydrogen-bond donors (Lipinski definition) is 4. The second-order valence-electron chi connectivity index (χ2n) is 6.47. The van der Waals surface area contributed by atoms with Crippen molar-refractivity contribution in [3.05, 3.63) is 35.9 Å². The van der Waals surface area contributed by atoms with Gasteiger partial charge in [-0.25, -0.2) is 0 Å². The molecule has 1 fully saturated rings. The van der Waals surface area contributed by atoms with E-state index in [9.17, 15) is 9.90 Å². The number of benzene rings is 1. The lowest BCUT2D eigenvalue weighted by Gasteiger charge is -2.32. The second kappa shape index (κ2) is 6.77. The number of carbonyl (C=O) groups excluding carboxylic acids is 1. The molecule has 0 heterocycles. The Bertz CT molecular complexity index is 504. The highest BCUT2D eigenvalue weighted by Crippen LogP contribution is 2.38. The van der Waals surface area contributed by atoms with Gasteiger partial charge in [-0.1, -0.05) is 50.6 Å². The molecule has 5 atom stereocenters. The fourth-order valence-corrected chi connectivity index (χ4v) is 3.32. The number of aliphatic hydroxyl groups is 1. The van der Waals surface area contributed by atoms with Crippen LogP contribution in [0.5, 0.6) is 0 Å². The zero-order valence-corrected chi connectivity index (χ0v) is 13.3. The summed E-state index contributed by atoms with van der Waals surface area (Å²) >= 11 is 0. The third-order valence-electron chi connectivity index (χ3n) is 4.87. The van der Waals surface area contributed by atoms with Gasteiger partial charge < -0.3 is 21.9 Å². The molecule has 0 radical (unpaired) electrons. The molecule has 1 aromatic rings. The molecule has 1 aromatic carbocycles. The Morgan fingerprint density at radius 2 is 2.09 bits per heavy atom. The standard InChI is InChI=1S/C17H27N3O2/c1-3-13-9-11(2)17(19,22)15(13)20-16(21)14(18)10-12-7-5-4-6-8-12/h4-8,11,13-15,22H,3,9-10,18-19H2,1-2H3,(H,20,21)/t11-,13+,14?,15?,17-/m1/s1. The molecule has 22 heavy (non-hydrogen) atoms. The van der Waals surface area contributed by atoms with E-state index in [2.05, 4.69) is 5.32 Å². The van der Waals surface area contributed by atoms with Gasteiger partial charge in [0.15, 0.2) is 0 Å². The van der Waals surface area contributed by atoms with Crippen LogP contribution >= 0.6 is 0 Å². The van der Waals surface area contributed by atoms with Crippen molar-refractivity contribution in [3.8, 4) is 0 Å². The highest BCUT2D eigenvalue weighted by Gasteiger charge is 2.49. The SMILES string of the molecule is CC[C@H]1C[C@@H](C)[C@@](N)(O)C1NC(=O)C(N)Cc1ccccc1. The molecule has 122 valence electrons. The van der Waals surface area contributed by atoms with Crippen LogP contribution in [-0.2, 0) is 11.2 Å². The van der Waals surface area contributed by atoms with Crippen LogP contribution in [0.3, 0.4) is 0 Å². The molecule has 2 unspecified atom stereocenters. The van der Waals surface area contributed by atoms with Gasteiger partial charge in [-0.15, -0.1) is 0 Å². The van der Waals surface area contributed by atoms with E-state index in [1.807, 2.05) is 44.2 Å². The fourth-order valence-electron chi connectivity index (χ4n) is 3.32. The van der Waals surface area contributed by atoms with E-state index in [-0.39, 0.29) is 17.7 Å². The van der Waals surface area contributed by atoms with Crippen LogP contribution in [0.1, 0.15) is 32.3 Å². The highest BCUT2D eigenvalue weighted by atomic mass is 16.3. The van der Waals surface area contributed by atoms with Gasteiger partial charge in [-0.05, 0) is 24.3 Å². The Hall–Kier alpha value is -1.43. The lowest BCUT2D eigenvalue weighted by Crippen LogP contribution is -2.61. The molecule has 0 spiro atoms. The summed E-state index contributed by atoms with van der Waals surface area (Å²) in [7, 11) is 0.